The van der Waals surface area contributed by atoms with Crippen molar-refractivity contribution in [1.82, 2.24) is 0 Å². The van der Waals surface area contributed by atoms with Crippen LogP contribution in [0.5, 0.6) is 0 Å². The van der Waals surface area contributed by atoms with Crippen molar-refractivity contribution in [3.05, 3.63) is 0 Å². The van der Waals surface area contributed by atoms with Crippen LogP contribution in [0.1, 0.15) is 26.7 Å². The van der Waals surface area contributed by atoms with Crippen LogP contribution in [0.2, 0.25) is 0 Å². The van der Waals surface area contributed by atoms with E-state index < -0.39 is 25.6 Å². The summed E-state index contributed by atoms with van der Waals surface area (Å²) in [5, 5.41) is 9.21. The summed E-state index contributed by atoms with van der Waals surface area (Å²) in [7, 11) is -4.48. The summed E-state index contributed by atoms with van der Waals surface area (Å²) in [5.41, 5.74) is -3.56. The second-order valence-corrected chi connectivity index (χ2v) is 6.93. The molecule has 0 unspecified atom stereocenters. The first-order valence-electron chi connectivity index (χ1n) is 6.85. The molecule has 1 heterocycles. The van der Waals surface area contributed by atoms with Gasteiger partial charge in [0.2, 0.25) is 0 Å². The van der Waals surface area contributed by atoms with Crippen LogP contribution in [0.15, 0.2) is 0 Å². The van der Waals surface area contributed by atoms with Gasteiger partial charge in [-0.3, -0.25) is 4.57 Å². The molecule has 0 aliphatic carbocycles. The highest BCUT2D eigenvalue weighted by molar-refractivity contribution is 7.55. The first kappa shape index (κ1) is 18.0. The van der Waals surface area contributed by atoms with E-state index in [1.807, 2.05) is 0 Å². The summed E-state index contributed by atoms with van der Waals surface area (Å²) in [6.45, 7) is 3.15. The van der Waals surface area contributed by atoms with E-state index in [4.69, 9.17) is 13.8 Å². The number of rotatable bonds is 8. The molecule has 0 aromatic carbocycles. The summed E-state index contributed by atoms with van der Waals surface area (Å²) >= 11 is 0. The molecule has 20 heavy (non-hydrogen) atoms. The lowest BCUT2D eigenvalue weighted by Crippen LogP contribution is -2.35. The van der Waals surface area contributed by atoms with Crippen molar-refractivity contribution in [3.8, 4) is 0 Å². The van der Waals surface area contributed by atoms with Crippen LogP contribution in [-0.2, 0) is 18.3 Å². The molecule has 2 atom stereocenters. The number of alkyl halides is 2. The van der Waals surface area contributed by atoms with Gasteiger partial charge in [0.25, 0.3) is 0 Å². The number of hydrogen-bond acceptors (Lipinski definition) is 5. The van der Waals surface area contributed by atoms with Gasteiger partial charge in [-0.2, -0.15) is 8.78 Å². The fraction of sp³-hybridized carbons (Fsp3) is 1.00. The number of halogens is 2. The van der Waals surface area contributed by atoms with E-state index in [1.165, 1.54) is 13.8 Å². The SMILES string of the molecule is CCOP(=O)(OCC)C(F)(F)C[C@@H]1CCOC[C@H]1CO. The molecule has 1 fully saturated rings. The number of hydrogen-bond donors (Lipinski definition) is 1. The Morgan fingerprint density at radius 1 is 1.30 bits per heavy atom. The zero-order chi connectivity index (χ0) is 15.2. The normalized spacial score (nSPS) is 24.9. The fourth-order valence-electron chi connectivity index (χ4n) is 2.31. The van der Waals surface area contributed by atoms with Gasteiger partial charge in [-0.15, -0.1) is 0 Å². The van der Waals surface area contributed by atoms with E-state index in [1.54, 1.807) is 0 Å². The average Bonchev–Trinajstić information content (AvgIpc) is 2.39. The minimum atomic E-state index is -4.48. The minimum absolute atomic E-state index is 0.107. The lowest BCUT2D eigenvalue weighted by Gasteiger charge is -2.34. The second kappa shape index (κ2) is 7.80. The van der Waals surface area contributed by atoms with Crippen LogP contribution in [0.25, 0.3) is 0 Å². The quantitative estimate of drug-likeness (QED) is 0.698. The largest absolute Gasteiger partial charge is 0.399 e. The predicted molar refractivity (Wildman–Crippen MR) is 69.9 cm³/mol. The molecule has 0 radical (unpaired) electrons. The third-order valence-corrected chi connectivity index (χ3v) is 5.55. The van der Waals surface area contributed by atoms with Gasteiger partial charge in [-0.05, 0) is 26.2 Å². The molecule has 0 spiro atoms. The van der Waals surface area contributed by atoms with E-state index in [2.05, 4.69) is 0 Å². The van der Waals surface area contributed by atoms with Crippen LogP contribution < -0.4 is 0 Å². The highest BCUT2D eigenvalue weighted by atomic mass is 31.2. The Morgan fingerprint density at radius 2 is 1.90 bits per heavy atom. The third kappa shape index (κ3) is 4.21. The van der Waals surface area contributed by atoms with Crippen LogP contribution in [0.3, 0.4) is 0 Å². The third-order valence-electron chi connectivity index (χ3n) is 3.37. The van der Waals surface area contributed by atoms with Crippen LogP contribution >= 0.6 is 7.60 Å². The Kier molecular flexibility index (Phi) is 7.01. The molecule has 0 bridgehead atoms. The lowest BCUT2D eigenvalue weighted by atomic mass is 9.86. The average molecular weight is 316 g/mol. The van der Waals surface area contributed by atoms with Crippen LogP contribution in [0, 0.1) is 11.8 Å². The van der Waals surface area contributed by atoms with E-state index >= 15 is 0 Å². The molecule has 0 aromatic heterocycles. The topological polar surface area (TPSA) is 65.0 Å². The Hall–Kier alpha value is -0.0700. The number of aliphatic hydroxyl groups excluding tert-OH is 1. The molecule has 1 N–H and O–H groups in total. The minimum Gasteiger partial charge on any atom is -0.396 e. The molecule has 8 heteroatoms. The molecule has 0 saturated carbocycles. The van der Waals surface area contributed by atoms with Crippen LogP contribution in [-0.4, -0.2) is 43.8 Å². The summed E-state index contributed by atoms with van der Waals surface area (Å²) in [5.74, 6) is -0.829. The zero-order valence-corrected chi connectivity index (χ0v) is 12.8. The molecule has 0 aromatic rings. The van der Waals surface area contributed by atoms with Gasteiger partial charge >= 0.3 is 13.3 Å². The van der Waals surface area contributed by atoms with Gasteiger partial charge in [0.05, 0.1) is 19.8 Å². The highest BCUT2D eigenvalue weighted by Crippen LogP contribution is 2.64. The van der Waals surface area contributed by atoms with E-state index in [-0.39, 0.29) is 32.3 Å². The summed E-state index contributed by atoms with van der Waals surface area (Å²) < 4.78 is 55.5. The Labute approximate surface area is 118 Å². The Bertz CT molecular complexity index is 330. The second-order valence-electron chi connectivity index (χ2n) is 4.77. The monoisotopic (exact) mass is 316 g/mol. The molecule has 120 valence electrons. The molecule has 0 amide bonds. The molecule has 1 aliphatic heterocycles. The Balaban J connectivity index is 2.81. The maximum Gasteiger partial charge on any atom is 0.399 e. The molecule has 1 saturated heterocycles. The maximum atomic E-state index is 14.3. The van der Waals surface area contributed by atoms with Crippen molar-refractivity contribution in [2.45, 2.75) is 32.4 Å². The summed E-state index contributed by atoms with van der Waals surface area (Å²) in [6, 6.07) is 0. The molecular weight excluding hydrogens is 293 g/mol. The van der Waals surface area contributed by atoms with E-state index in [0.717, 1.165) is 0 Å². The maximum absolute atomic E-state index is 14.3. The highest BCUT2D eigenvalue weighted by Gasteiger charge is 2.54. The van der Waals surface area contributed by atoms with Crippen LogP contribution in [0.4, 0.5) is 8.78 Å². The molecular formula is C12H23F2O5P. The first-order chi connectivity index (χ1) is 9.40. The lowest BCUT2D eigenvalue weighted by molar-refractivity contribution is -0.0477. The summed E-state index contributed by atoms with van der Waals surface area (Å²) in [6.07, 6.45) is -0.224. The van der Waals surface area contributed by atoms with Crippen molar-refractivity contribution in [3.63, 3.8) is 0 Å². The van der Waals surface area contributed by atoms with Gasteiger partial charge in [-0.25, -0.2) is 0 Å². The van der Waals surface area contributed by atoms with E-state index in [9.17, 15) is 18.5 Å². The van der Waals surface area contributed by atoms with Crippen molar-refractivity contribution >= 4 is 7.60 Å². The van der Waals surface area contributed by atoms with Crippen molar-refractivity contribution in [2.75, 3.05) is 33.0 Å². The zero-order valence-electron chi connectivity index (χ0n) is 11.9. The molecule has 5 nitrogen and oxygen atoms in total. The van der Waals surface area contributed by atoms with Gasteiger partial charge in [0, 0.05) is 25.6 Å². The van der Waals surface area contributed by atoms with Gasteiger partial charge < -0.3 is 18.9 Å². The number of aliphatic hydroxyl groups is 1. The van der Waals surface area contributed by atoms with Gasteiger partial charge in [-0.1, -0.05) is 0 Å². The fourth-order valence-corrected chi connectivity index (χ4v) is 3.90. The van der Waals surface area contributed by atoms with Crippen molar-refractivity contribution < 1.29 is 32.2 Å². The Morgan fingerprint density at radius 3 is 2.40 bits per heavy atom. The number of ether oxygens (including phenoxy) is 1. The standard InChI is InChI=1S/C12H23F2O5P/c1-3-18-20(16,19-4-2)12(13,14)7-10-5-6-17-9-11(10)8-15/h10-11,15H,3-9H2,1-2H3/t10-,11+/m0/s1. The van der Waals surface area contributed by atoms with Crippen molar-refractivity contribution in [2.24, 2.45) is 11.8 Å². The van der Waals surface area contributed by atoms with Gasteiger partial charge in [0.15, 0.2) is 0 Å². The summed E-state index contributed by atoms with van der Waals surface area (Å²) in [4.78, 5) is 0. The van der Waals surface area contributed by atoms with Gasteiger partial charge in [0.1, 0.15) is 0 Å². The predicted octanol–water partition coefficient (Wildman–Crippen LogP) is 2.88. The van der Waals surface area contributed by atoms with Crippen molar-refractivity contribution in [1.29, 1.82) is 0 Å². The molecule has 1 rings (SSSR count). The smallest absolute Gasteiger partial charge is 0.396 e. The first-order valence-corrected chi connectivity index (χ1v) is 8.40. The molecule has 1 aliphatic rings. The van der Waals surface area contributed by atoms with E-state index in [0.29, 0.717) is 13.0 Å².